The lowest BCUT2D eigenvalue weighted by atomic mass is 9.69. The van der Waals surface area contributed by atoms with Gasteiger partial charge in [-0.1, -0.05) is 33.6 Å². The molecule has 1 aliphatic heterocycles. The Kier molecular flexibility index (Phi) is 4.40. The van der Waals surface area contributed by atoms with E-state index in [1.165, 1.54) is 64.5 Å². The summed E-state index contributed by atoms with van der Waals surface area (Å²) in [4.78, 5) is 2.64. The first kappa shape index (κ1) is 15.8. The van der Waals surface area contributed by atoms with E-state index in [-0.39, 0.29) is 6.10 Å². The summed E-state index contributed by atoms with van der Waals surface area (Å²) in [5, 5.41) is 10.5. The number of likely N-dealkylation sites (tertiary alicyclic amines) is 1. The zero-order chi connectivity index (χ0) is 15.1. The predicted octanol–water partition coefficient (Wildman–Crippen LogP) is 4.22. The molecule has 3 unspecified atom stereocenters. The summed E-state index contributed by atoms with van der Waals surface area (Å²) in [5.74, 6) is 0.772. The molecule has 122 valence electrons. The van der Waals surface area contributed by atoms with Crippen molar-refractivity contribution in [3.05, 3.63) is 0 Å². The minimum absolute atomic E-state index is 0.0822. The maximum atomic E-state index is 10.5. The van der Waals surface area contributed by atoms with Crippen molar-refractivity contribution in [1.82, 2.24) is 4.90 Å². The molecule has 3 rings (SSSR count). The van der Waals surface area contributed by atoms with E-state index in [9.17, 15) is 5.11 Å². The molecule has 1 saturated heterocycles. The van der Waals surface area contributed by atoms with E-state index in [0.717, 1.165) is 12.3 Å². The van der Waals surface area contributed by atoms with E-state index < -0.39 is 0 Å². The summed E-state index contributed by atoms with van der Waals surface area (Å²) in [7, 11) is 0. The third-order valence-electron chi connectivity index (χ3n) is 7.00. The van der Waals surface area contributed by atoms with E-state index >= 15 is 0 Å². The second kappa shape index (κ2) is 5.85. The highest BCUT2D eigenvalue weighted by atomic mass is 16.3. The molecule has 3 fully saturated rings. The van der Waals surface area contributed by atoms with Gasteiger partial charge < -0.3 is 5.11 Å². The number of nitrogens with zero attached hydrogens (tertiary/aromatic N) is 1. The van der Waals surface area contributed by atoms with Gasteiger partial charge in [-0.15, -0.1) is 0 Å². The lowest BCUT2D eigenvalue weighted by Gasteiger charge is -2.48. The largest absolute Gasteiger partial charge is 0.391 e. The summed E-state index contributed by atoms with van der Waals surface area (Å²) in [6, 6.07) is 0.432. The molecule has 0 bridgehead atoms. The van der Waals surface area contributed by atoms with E-state index in [1.807, 2.05) is 0 Å². The Hall–Kier alpha value is -0.0800. The molecule has 0 aromatic heterocycles. The fourth-order valence-corrected chi connectivity index (χ4v) is 5.26. The van der Waals surface area contributed by atoms with Crippen molar-refractivity contribution >= 4 is 0 Å². The molecule has 0 amide bonds. The average molecular weight is 293 g/mol. The van der Waals surface area contributed by atoms with Gasteiger partial charge >= 0.3 is 0 Å². The third-order valence-corrected chi connectivity index (χ3v) is 7.00. The number of aliphatic hydroxyl groups excluding tert-OH is 1. The molecular formula is C19H35NO. The Morgan fingerprint density at radius 2 is 1.57 bits per heavy atom. The zero-order valence-electron chi connectivity index (χ0n) is 14.4. The van der Waals surface area contributed by atoms with Crippen LogP contribution in [0.1, 0.15) is 78.6 Å². The maximum absolute atomic E-state index is 10.5. The number of aliphatic hydroxyl groups is 1. The second-order valence-corrected chi connectivity index (χ2v) is 9.25. The zero-order valence-corrected chi connectivity index (χ0v) is 14.4. The van der Waals surface area contributed by atoms with Gasteiger partial charge in [0.1, 0.15) is 0 Å². The van der Waals surface area contributed by atoms with Crippen molar-refractivity contribution in [2.75, 3.05) is 13.1 Å². The van der Waals surface area contributed by atoms with Crippen LogP contribution in [0.25, 0.3) is 0 Å². The van der Waals surface area contributed by atoms with Crippen LogP contribution < -0.4 is 0 Å². The molecular weight excluding hydrogens is 258 g/mol. The van der Waals surface area contributed by atoms with E-state index in [4.69, 9.17) is 0 Å². The van der Waals surface area contributed by atoms with Crippen LogP contribution in [0.2, 0.25) is 0 Å². The Labute approximate surface area is 131 Å². The Bertz CT molecular complexity index is 343. The minimum atomic E-state index is -0.0822. The Morgan fingerprint density at radius 1 is 0.952 bits per heavy atom. The normalized spacial score (nSPS) is 38.0. The monoisotopic (exact) mass is 293 g/mol. The highest BCUT2D eigenvalue weighted by Crippen LogP contribution is 2.47. The van der Waals surface area contributed by atoms with Crippen molar-refractivity contribution in [2.24, 2.45) is 16.7 Å². The molecule has 0 aromatic rings. The van der Waals surface area contributed by atoms with E-state index in [0.29, 0.717) is 16.9 Å². The summed E-state index contributed by atoms with van der Waals surface area (Å²) in [6.45, 7) is 9.58. The SMILES string of the molecule is CC(C)(C)C1CCC(O)C(N2CCC3(CCCC3)CC2)C1. The van der Waals surface area contributed by atoms with Gasteiger partial charge in [-0.3, -0.25) is 4.90 Å². The number of hydrogen-bond acceptors (Lipinski definition) is 2. The van der Waals surface area contributed by atoms with Crippen LogP contribution in [0.3, 0.4) is 0 Å². The standard InChI is InChI=1S/C19H35NO/c1-18(2,3)15-6-7-17(21)16(14-15)20-12-10-19(11-13-20)8-4-5-9-19/h15-17,21H,4-14H2,1-3H3. The van der Waals surface area contributed by atoms with Crippen molar-refractivity contribution in [1.29, 1.82) is 0 Å². The van der Waals surface area contributed by atoms with Crippen molar-refractivity contribution in [3.63, 3.8) is 0 Å². The van der Waals surface area contributed by atoms with Crippen LogP contribution in [0.4, 0.5) is 0 Å². The van der Waals surface area contributed by atoms with Crippen LogP contribution in [-0.4, -0.2) is 35.2 Å². The fraction of sp³-hybridized carbons (Fsp3) is 1.00. The average Bonchev–Trinajstić information content (AvgIpc) is 2.88. The first-order valence-corrected chi connectivity index (χ1v) is 9.32. The maximum Gasteiger partial charge on any atom is 0.0695 e. The van der Waals surface area contributed by atoms with Crippen LogP contribution in [0, 0.1) is 16.7 Å². The van der Waals surface area contributed by atoms with Gasteiger partial charge in [0.05, 0.1) is 6.10 Å². The molecule has 0 radical (unpaired) electrons. The number of hydrogen-bond donors (Lipinski definition) is 1. The van der Waals surface area contributed by atoms with Crippen molar-refractivity contribution in [3.8, 4) is 0 Å². The summed E-state index contributed by atoms with van der Waals surface area (Å²) in [5.41, 5.74) is 1.08. The molecule has 3 aliphatic rings. The van der Waals surface area contributed by atoms with Crippen LogP contribution in [0.5, 0.6) is 0 Å². The van der Waals surface area contributed by atoms with Crippen LogP contribution in [-0.2, 0) is 0 Å². The molecule has 3 atom stereocenters. The highest BCUT2D eigenvalue weighted by Gasteiger charge is 2.42. The highest BCUT2D eigenvalue weighted by molar-refractivity contribution is 4.95. The smallest absolute Gasteiger partial charge is 0.0695 e. The molecule has 2 saturated carbocycles. The van der Waals surface area contributed by atoms with Crippen molar-refractivity contribution in [2.45, 2.75) is 90.7 Å². The van der Waals surface area contributed by atoms with Gasteiger partial charge in [0, 0.05) is 6.04 Å². The van der Waals surface area contributed by atoms with Crippen LogP contribution >= 0.6 is 0 Å². The van der Waals surface area contributed by atoms with Crippen LogP contribution in [0.15, 0.2) is 0 Å². The molecule has 2 nitrogen and oxygen atoms in total. The molecule has 0 aromatic carbocycles. The Balaban J connectivity index is 1.60. The number of piperidine rings is 1. The number of rotatable bonds is 1. The quantitative estimate of drug-likeness (QED) is 0.782. The third kappa shape index (κ3) is 3.32. The second-order valence-electron chi connectivity index (χ2n) is 9.25. The topological polar surface area (TPSA) is 23.5 Å². The van der Waals surface area contributed by atoms with Crippen molar-refractivity contribution < 1.29 is 5.11 Å². The molecule has 2 heteroatoms. The van der Waals surface area contributed by atoms with E-state index in [2.05, 4.69) is 25.7 Å². The fourth-order valence-electron chi connectivity index (χ4n) is 5.26. The van der Waals surface area contributed by atoms with Gasteiger partial charge in [-0.05, 0) is 74.8 Å². The van der Waals surface area contributed by atoms with Gasteiger partial charge in [0.2, 0.25) is 0 Å². The Morgan fingerprint density at radius 3 is 2.14 bits per heavy atom. The van der Waals surface area contributed by atoms with E-state index in [1.54, 1.807) is 0 Å². The summed E-state index contributed by atoms with van der Waals surface area (Å²) < 4.78 is 0. The lowest BCUT2D eigenvalue weighted by Crippen LogP contribution is -2.52. The van der Waals surface area contributed by atoms with Gasteiger partial charge in [0.15, 0.2) is 0 Å². The van der Waals surface area contributed by atoms with Gasteiger partial charge in [0.25, 0.3) is 0 Å². The lowest BCUT2D eigenvalue weighted by molar-refractivity contribution is -0.0384. The van der Waals surface area contributed by atoms with Gasteiger partial charge in [-0.25, -0.2) is 0 Å². The predicted molar refractivity (Wildman–Crippen MR) is 88.3 cm³/mol. The molecule has 21 heavy (non-hydrogen) atoms. The molecule has 1 heterocycles. The molecule has 1 spiro atoms. The molecule has 2 aliphatic carbocycles. The minimum Gasteiger partial charge on any atom is -0.391 e. The first-order valence-electron chi connectivity index (χ1n) is 9.32. The summed E-state index contributed by atoms with van der Waals surface area (Å²) >= 11 is 0. The van der Waals surface area contributed by atoms with Gasteiger partial charge in [-0.2, -0.15) is 0 Å². The first-order chi connectivity index (χ1) is 9.90. The molecule has 1 N–H and O–H groups in total. The summed E-state index contributed by atoms with van der Waals surface area (Å²) in [6.07, 6.45) is 12.0.